The number of alkyl carbamates (subject to hydrolysis) is 2. The lowest BCUT2D eigenvalue weighted by Crippen LogP contribution is -2.51. The van der Waals surface area contributed by atoms with Gasteiger partial charge in [0.2, 0.25) is 0 Å². The van der Waals surface area contributed by atoms with Crippen LogP contribution in [0.1, 0.15) is 96.9 Å². The molecule has 0 saturated heterocycles. The molecule has 0 saturated carbocycles. The molecule has 2 atom stereocenters. The molecule has 0 bridgehead atoms. The van der Waals surface area contributed by atoms with Gasteiger partial charge in [0.05, 0.1) is 0 Å². The zero-order valence-electron chi connectivity index (χ0n) is 30.3. The summed E-state index contributed by atoms with van der Waals surface area (Å²) < 4.78 is 21.0. The zero-order valence-corrected chi connectivity index (χ0v) is 30.3. The van der Waals surface area contributed by atoms with Crippen LogP contribution in [0.2, 0.25) is 0 Å². The number of hydrogen-bond acceptors (Lipinski definition) is 10. The van der Waals surface area contributed by atoms with Crippen LogP contribution in [0.15, 0.2) is 48.5 Å². The third-order valence-electron chi connectivity index (χ3n) is 6.79. The fourth-order valence-electron chi connectivity index (χ4n) is 4.30. The quantitative estimate of drug-likeness (QED) is 0.148. The van der Waals surface area contributed by atoms with Gasteiger partial charge in [-0.2, -0.15) is 0 Å². The van der Waals surface area contributed by atoms with Crippen LogP contribution in [-0.2, 0) is 28.5 Å². The Morgan fingerprint density at radius 2 is 0.939 bits per heavy atom. The maximum atomic E-state index is 12.8. The van der Waals surface area contributed by atoms with Crippen molar-refractivity contribution in [2.45, 2.75) is 99.4 Å². The largest absolute Gasteiger partial charge is 0.456 e. The summed E-state index contributed by atoms with van der Waals surface area (Å²) in [5.41, 5.74) is -0.0332. The van der Waals surface area contributed by atoms with Crippen molar-refractivity contribution in [1.29, 1.82) is 0 Å². The average molecular weight is 683 g/mol. The summed E-state index contributed by atoms with van der Waals surface area (Å²) in [5, 5.41) is 5.04. The van der Waals surface area contributed by atoms with Crippen LogP contribution in [-0.4, -0.2) is 72.2 Å². The molecule has 12 nitrogen and oxygen atoms in total. The first kappa shape index (κ1) is 40.4. The number of rotatable bonds is 12. The van der Waals surface area contributed by atoms with Crippen molar-refractivity contribution in [1.82, 2.24) is 10.6 Å². The molecule has 0 fully saturated rings. The van der Waals surface area contributed by atoms with Crippen molar-refractivity contribution in [2.75, 3.05) is 13.2 Å². The smallest absolute Gasteiger partial charge is 0.408 e. The van der Waals surface area contributed by atoms with Crippen molar-refractivity contribution < 1.29 is 47.7 Å². The predicted octanol–water partition coefficient (Wildman–Crippen LogP) is 6.29. The topological polar surface area (TPSA) is 163 Å². The van der Waals surface area contributed by atoms with Crippen LogP contribution < -0.4 is 10.6 Å². The Kier molecular flexibility index (Phi) is 13.7. The van der Waals surface area contributed by atoms with Crippen molar-refractivity contribution in [3.05, 3.63) is 59.7 Å². The maximum Gasteiger partial charge on any atom is 0.408 e. The molecule has 2 rings (SSSR count). The molecule has 0 aliphatic heterocycles. The molecular formula is C37H50N2O10. The number of Topliss-reactive ketones (excluding diaryl/α,β-unsaturated/α-hetero) is 2. The van der Waals surface area contributed by atoms with E-state index < -0.39 is 77.6 Å². The standard InChI is InChI=1S/C37H50N2O10/c1-22(2)29(38-33(44)48-36(6,7)8)31(42)46-20-27(40)25-16-12-23(13-17-25)24-14-18-26(19-15-24)28(41)21-47-32(43)30(35(3,4)5)39-34(45)49-37(9,10)11/h12-19,22,29-30H,20-21H2,1-11H3,(H,38,44)(H,39,45)/t29-,30+/m0/s1. The van der Waals surface area contributed by atoms with Crippen molar-refractivity contribution in [2.24, 2.45) is 11.3 Å². The van der Waals surface area contributed by atoms with E-state index in [4.69, 9.17) is 18.9 Å². The van der Waals surface area contributed by atoms with Crippen LogP contribution >= 0.6 is 0 Å². The number of nitrogens with one attached hydrogen (secondary N) is 2. The maximum absolute atomic E-state index is 12.8. The van der Waals surface area contributed by atoms with Gasteiger partial charge in [0, 0.05) is 11.1 Å². The molecule has 268 valence electrons. The summed E-state index contributed by atoms with van der Waals surface area (Å²) >= 11 is 0. The molecule has 0 aromatic heterocycles. The molecule has 0 aliphatic rings. The van der Waals surface area contributed by atoms with Crippen LogP contribution in [0, 0.1) is 11.3 Å². The summed E-state index contributed by atoms with van der Waals surface area (Å²) in [7, 11) is 0. The first-order valence-corrected chi connectivity index (χ1v) is 16.1. The fourth-order valence-corrected chi connectivity index (χ4v) is 4.30. The number of hydrogen-bond donors (Lipinski definition) is 2. The Morgan fingerprint density at radius 1 is 0.571 bits per heavy atom. The molecule has 2 N–H and O–H groups in total. The highest BCUT2D eigenvalue weighted by atomic mass is 16.6. The van der Waals surface area contributed by atoms with Gasteiger partial charge in [0.15, 0.2) is 24.8 Å². The predicted molar refractivity (Wildman–Crippen MR) is 183 cm³/mol. The summed E-state index contributed by atoms with van der Waals surface area (Å²) in [6.07, 6.45) is -1.53. The molecule has 0 heterocycles. The van der Waals surface area contributed by atoms with Crippen LogP contribution in [0.5, 0.6) is 0 Å². The second kappa shape index (κ2) is 16.6. The first-order valence-electron chi connectivity index (χ1n) is 16.1. The van der Waals surface area contributed by atoms with Gasteiger partial charge in [-0.05, 0) is 64.0 Å². The lowest BCUT2D eigenvalue weighted by Gasteiger charge is -2.30. The number of ether oxygens (including phenoxy) is 4. The van der Waals surface area contributed by atoms with E-state index in [0.29, 0.717) is 11.1 Å². The minimum atomic E-state index is -1.04. The summed E-state index contributed by atoms with van der Waals surface area (Å²) in [6, 6.07) is 11.2. The summed E-state index contributed by atoms with van der Waals surface area (Å²) in [5.74, 6) is -2.67. The summed E-state index contributed by atoms with van der Waals surface area (Å²) in [4.78, 5) is 75.5. The van der Waals surface area contributed by atoms with E-state index in [9.17, 15) is 28.8 Å². The lowest BCUT2D eigenvalue weighted by molar-refractivity contribution is -0.148. The second-order valence-electron chi connectivity index (χ2n) is 15.0. The number of esters is 2. The van der Waals surface area contributed by atoms with Gasteiger partial charge in [0.1, 0.15) is 23.3 Å². The Bertz CT molecular complexity index is 1490. The molecule has 2 aromatic carbocycles. The highest BCUT2D eigenvalue weighted by Gasteiger charge is 2.36. The van der Waals surface area contributed by atoms with E-state index in [1.54, 1.807) is 125 Å². The van der Waals surface area contributed by atoms with E-state index >= 15 is 0 Å². The van der Waals surface area contributed by atoms with Crippen molar-refractivity contribution >= 4 is 35.7 Å². The highest BCUT2D eigenvalue weighted by molar-refractivity contribution is 5.99. The van der Waals surface area contributed by atoms with Gasteiger partial charge >= 0.3 is 24.1 Å². The fraction of sp³-hybridized carbons (Fsp3) is 0.514. The minimum absolute atomic E-state index is 0.306. The van der Waals surface area contributed by atoms with E-state index in [1.807, 2.05) is 0 Å². The third kappa shape index (κ3) is 13.7. The normalized spacial score (nSPS) is 13.1. The Balaban J connectivity index is 1.97. The van der Waals surface area contributed by atoms with E-state index in [2.05, 4.69) is 10.6 Å². The molecule has 0 unspecified atom stereocenters. The Morgan fingerprint density at radius 3 is 1.29 bits per heavy atom. The Hall–Kier alpha value is -4.74. The highest BCUT2D eigenvalue weighted by Crippen LogP contribution is 2.23. The van der Waals surface area contributed by atoms with Gasteiger partial charge in [-0.25, -0.2) is 19.2 Å². The molecule has 0 aliphatic carbocycles. The molecule has 2 amide bonds. The molecule has 0 radical (unpaired) electrons. The molecule has 2 aromatic rings. The lowest BCUT2D eigenvalue weighted by atomic mass is 9.87. The van der Waals surface area contributed by atoms with Gasteiger partial charge in [0.25, 0.3) is 0 Å². The number of amides is 2. The molecular weight excluding hydrogens is 632 g/mol. The SMILES string of the molecule is CC(C)[C@H](NC(=O)OC(C)(C)C)C(=O)OCC(=O)c1ccc(-c2ccc(C(=O)COC(=O)[C@@H](NC(=O)OC(C)(C)C)C(C)(C)C)cc2)cc1. The first-order chi connectivity index (χ1) is 22.5. The molecule has 0 spiro atoms. The average Bonchev–Trinajstić information content (AvgIpc) is 2.97. The third-order valence-corrected chi connectivity index (χ3v) is 6.79. The number of carbonyl (C=O) groups excluding carboxylic acids is 6. The monoisotopic (exact) mass is 682 g/mol. The van der Waals surface area contributed by atoms with Crippen LogP contribution in [0.3, 0.4) is 0 Å². The summed E-state index contributed by atoms with van der Waals surface area (Å²) in [6.45, 7) is 17.9. The molecule has 12 heteroatoms. The molecule has 49 heavy (non-hydrogen) atoms. The minimum Gasteiger partial charge on any atom is -0.456 e. The van der Waals surface area contributed by atoms with Crippen LogP contribution in [0.4, 0.5) is 9.59 Å². The number of carbonyl (C=O) groups is 6. The zero-order chi connectivity index (χ0) is 37.3. The van der Waals surface area contributed by atoms with E-state index in [0.717, 1.165) is 11.1 Å². The number of benzene rings is 2. The van der Waals surface area contributed by atoms with Gasteiger partial charge in [-0.1, -0.05) is 83.1 Å². The van der Waals surface area contributed by atoms with Crippen LogP contribution in [0.25, 0.3) is 11.1 Å². The number of ketones is 2. The van der Waals surface area contributed by atoms with E-state index in [1.165, 1.54) is 0 Å². The Labute approximate surface area is 288 Å². The van der Waals surface area contributed by atoms with Gasteiger partial charge < -0.3 is 29.6 Å². The van der Waals surface area contributed by atoms with Crippen molar-refractivity contribution in [3.8, 4) is 11.1 Å². The van der Waals surface area contributed by atoms with Crippen molar-refractivity contribution in [3.63, 3.8) is 0 Å². The van der Waals surface area contributed by atoms with E-state index in [-0.39, 0.29) is 5.92 Å². The second-order valence-corrected chi connectivity index (χ2v) is 15.0. The van der Waals surface area contributed by atoms with Gasteiger partial charge in [-0.3, -0.25) is 9.59 Å². The van der Waals surface area contributed by atoms with Gasteiger partial charge in [-0.15, -0.1) is 0 Å².